The fraction of sp³-hybridized carbons (Fsp3) is 0.222. The first-order valence-corrected chi connectivity index (χ1v) is 13.7. The van der Waals surface area contributed by atoms with Gasteiger partial charge in [-0.1, -0.05) is 60.1 Å². The average molecular weight is 678 g/mol. The van der Waals surface area contributed by atoms with E-state index in [1.165, 1.54) is 4.68 Å². The summed E-state index contributed by atoms with van der Waals surface area (Å²) in [6, 6.07) is 17.2. The molecule has 1 heterocycles. The summed E-state index contributed by atoms with van der Waals surface area (Å²) in [5, 5.41) is 5.08. The van der Waals surface area contributed by atoms with Gasteiger partial charge in [-0.25, -0.2) is 4.98 Å². The number of hydrogen-bond acceptors (Lipinski definition) is 5. The lowest BCUT2D eigenvalue weighted by molar-refractivity contribution is 0.282. The van der Waals surface area contributed by atoms with Gasteiger partial charge < -0.3 is 9.47 Å². The summed E-state index contributed by atoms with van der Waals surface area (Å²) < 4.78 is 15.3. The molecule has 4 rings (SSSR count). The third kappa shape index (κ3) is 5.58. The fourth-order valence-corrected chi connectivity index (χ4v) is 4.91. The monoisotopic (exact) mass is 675 g/mol. The highest BCUT2D eigenvalue weighted by Gasteiger charge is 2.18. The molecule has 0 saturated heterocycles. The van der Waals surface area contributed by atoms with E-state index >= 15 is 0 Å². The highest BCUT2D eigenvalue weighted by molar-refractivity contribution is 9.13. The molecule has 36 heavy (non-hydrogen) atoms. The number of methoxy groups -OCH3 is 1. The van der Waals surface area contributed by atoms with Crippen LogP contribution in [0.15, 0.2) is 77.9 Å². The van der Waals surface area contributed by atoms with E-state index < -0.39 is 0 Å². The first-order valence-electron chi connectivity index (χ1n) is 11.3. The van der Waals surface area contributed by atoms with Crippen LogP contribution in [0.25, 0.3) is 10.9 Å². The number of nitrogens with zero attached hydrogens (tertiary/aromatic N) is 3. The van der Waals surface area contributed by atoms with Crippen molar-refractivity contribution in [2.45, 2.75) is 32.8 Å². The Kier molecular flexibility index (Phi) is 8.64. The Morgan fingerprint density at radius 3 is 2.53 bits per heavy atom. The molecule has 0 bridgehead atoms. The van der Waals surface area contributed by atoms with Crippen molar-refractivity contribution in [3.8, 4) is 11.5 Å². The number of halogens is 3. The standard InChI is InChI=1S/C27H24Br3N3O3/c1-4-16(2)26-32-21-11-10-19(28)13-20(21)27(34)33(26)31-14-18-12-22(35-3)25(24(30)23(18)29)36-15-17-8-6-5-7-9-17/h5-14,16H,4,15H2,1-3H3/t16-/m1/s1. The molecule has 186 valence electrons. The molecule has 0 aliphatic heterocycles. The van der Waals surface area contributed by atoms with Gasteiger partial charge in [0.2, 0.25) is 0 Å². The lowest BCUT2D eigenvalue weighted by Crippen LogP contribution is -2.23. The maximum atomic E-state index is 13.4. The van der Waals surface area contributed by atoms with Crippen molar-refractivity contribution in [1.82, 2.24) is 9.66 Å². The molecule has 0 radical (unpaired) electrons. The Balaban J connectivity index is 1.76. The number of rotatable bonds is 8. The summed E-state index contributed by atoms with van der Waals surface area (Å²) >= 11 is 10.7. The summed E-state index contributed by atoms with van der Waals surface area (Å²) in [5.41, 5.74) is 2.18. The van der Waals surface area contributed by atoms with E-state index in [1.807, 2.05) is 55.5 Å². The largest absolute Gasteiger partial charge is 0.493 e. The van der Waals surface area contributed by atoms with E-state index in [4.69, 9.17) is 14.5 Å². The number of fused-ring (bicyclic) bond motifs is 1. The van der Waals surface area contributed by atoms with Gasteiger partial charge in [0.25, 0.3) is 5.56 Å². The third-order valence-corrected chi connectivity index (χ3v) is 8.44. The topological polar surface area (TPSA) is 65.7 Å². The second-order valence-corrected chi connectivity index (χ2v) is 10.7. The molecule has 0 unspecified atom stereocenters. The quantitative estimate of drug-likeness (QED) is 0.180. The van der Waals surface area contributed by atoms with E-state index in [0.717, 1.165) is 20.9 Å². The van der Waals surface area contributed by atoms with Crippen molar-refractivity contribution in [2.75, 3.05) is 7.11 Å². The van der Waals surface area contributed by atoms with Gasteiger partial charge in [-0.2, -0.15) is 9.78 Å². The van der Waals surface area contributed by atoms with Gasteiger partial charge >= 0.3 is 0 Å². The Morgan fingerprint density at radius 1 is 1.08 bits per heavy atom. The summed E-state index contributed by atoms with van der Waals surface area (Å²) in [6.45, 7) is 4.48. The molecule has 1 aromatic heterocycles. The van der Waals surface area contributed by atoms with Crippen molar-refractivity contribution in [3.05, 3.63) is 95.3 Å². The van der Waals surface area contributed by atoms with Crippen LogP contribution < -0.4 is 15.0 Å². The van der Waals surface area contributed by atoms with Gasteiger partial charge in [-0.05, 0) is 68.1 Å². The minimum atomic E-state index is -0.224. The maximum Gasteiger partial charge on any atom is 0.282 e. The number of benzene rings is 3. The molecule has 0 aliphatic rings. The highest BCUT2D eigenvalue weighted by atomic mass is 79.9. The van der Waals surface area contributed by atoms with Gasteiger partial charge in [0, 0.05) is 20.4 Å². The summed E-state index contributed by atoms with van der Waals surface area (Å²) in [4.78, 5) is 18.2. The molecule has 0 saturated carbocycles. The zero-order chi connectivity index (χ0) is 25.8. The molecule has 1 atom stereocenters. The summed E-state index contributed by atoms with van der Waals surface area (Å²) in [7, 11) is 1.59. The first-order chi connectivity index (χ1) is 17.3. The molecular weight excluding hydrogens is 654 g/mol. The first kappa shape index (κ1) is 26.6. The number of ether oxygens (including phenoxy) is 2. The highest BCUT2D eigenvalue weighted by Crippen LogP contribution is 2.42. The summed E-state index contributed by atoms with van der Waals surface area (Å²) in [6.07, 6.45) is 2.44. The molecule has 0 amide bonds. The molecule has 0 N–H and O–H groups in total. The minimum absolute atomic E-state index is 0.0429. The molecule has 0 aliphatic carbocycles. The third-order valence-electron chi connectivity index (χ3n) is 5.80. The van der Waals surface area contributed by atoms with Crippen LogP contribution in [0, 0.1) is 0 Å². The van der Waals surface area contributed by atoms with Crippen LogP contribution in [0.5, 0.6) is 11.5 Å². The van der Waals surface area contributed by atoms with Crippen molar-refractivity contribution in [1.29, 1.82) is 0 Å². The molecule has 3 aromatic carbocycles. The lowest BCUT2D eigenvalue weighted by atomic mass is 10.1. The Bertz CT molecular complexity index is 1490. The molecule has 0 spiro atoms. The van der Waals surface area contributed by atoms with Crippen LogP contribution in [0.2, 0.25) is 0 Å². The van der Waals surface area contributed by atoms with Gasteiger partial charge in [-0.15, -0.1) is 0 Å². The Hall–Kier alpha value is -2.49. The van der Waals surface area contributed by atoms with Gasteiger partial charge in [0.15, 0.2) is 11.5 Å². The second kappa shape index (κ2) is 11.7. The van der Waals surface area contributed by atoms with Crippen molar-refractivity contribution >= 4 is 64.9 Å². The van der Waals surface area contributed by atoms with E-state index in [0.29, 0.717) is 44.9 Å². The summed E-state index contributed by atoms with van der Waals surface area (Å²) in [5.74, 6) is 1.76. The van der Waals surface area contributed by atoms with E-state index in [1.54, 1.807) is 19.4 Å². The SMILES string of the molecule is CC[C@@H](C)c1nc2ccc(Br)cc2c(=O)n1N=Cc1cc(OC)c(OCc2ccccc2)c(Br)c1Br. The van der Waals surface area contributed by atoms with Crippen LogP contribution in [-0.4, -0.2) is 23.0 Å². The molecule has 9 heteroatoms. The zero-order valence-corrected chi connectivity index (χ0v) is 24.7. The molecule has 4 aromatic rings. The van der Waals surface area contributed by atoms with E-state index in [2.05, 4.69) is 59.8 Å². The van der Waals surface area contributed by atoms with Crippen molar-refractivity contribution in [2.24, 2.45) is 5.10 Å². The van der Waals surface area contributed by atoms with Crippen molar-refractivity contribution in [3.63, 3.8) is 0 Å². The number of aromatic nitrogens is 2. The normalized spacial score (nSPS) is 12.3. The zero-order valence-electron chi connectivity index (χ0n) is 20.0. The van der Waals surface area contributed by atoms with Crippen molar-refractivity contribution < 1.29 is 9.47 Å². The Morgan fingerprint density at radius 2 is 1.83 bits per heavy atom. The number of hydrogen-bond donors (Lipinski definition) is 0. The smallest absolute Gasteiger partial charge is 0.282 e. The van der Waals surface area contributed by atoms with Gasteiger partial charge in [0.05, 0.1) is 28.7 Å². The maximum absolute atomic E-state index is 13.4. The van der Waals surface area contributed by atoms with E-state index in [-0.39, 0.29) is 11.5 Å². The fourth-order valence-electron chi connectivity index (χ4n) is 3.61. The van der Waals surface area contributed by atoms with E-state index in [9.17, 15) is 4.79 Å². The van der Waals surface area contributed by atoms with Gasteiger partial charge in [-0.3, -0.25) is 4.79 Å². The predicted molar refractivity (Wildman–Crippen MR) is 155 cm³/mol. The average Bonchev–Trinajstić information content (AvgIpc) is 2.89. The molecule has 6 nitrogen and oxygen atoms in total. The minimum Gasteiger partial charge on any atom is -0.493 e. The molecular formula is C27H24Br3N3O3. The second-order valence-electron chi connectivity index (χ2n) is 8.20. The van der Waals surface area contributed by atoms with Crippen LogP contribution in [0.3, 0.4) is 0 Å². The van der Waals surface area contributed by atoms with Gasteiger partial charge in [0.1, 0.15) is 12.4 Å². The predicted octanol–water partition coefficient (Wildman–Crippen LogP) is 7.67. The van der Waals surface area contributed by atoms with Crippen LogP contribution in [0.4, 0.5) is 0 Å². The lowest BCUT2D eigenvalue weighted by Gasteiger charge is -2.16. The van der Waals surface area contributed by atoms with Crippen LogP contribution in [0.1, 0.15) is 43.1 Å². The molecule has 0 fully saturated rings. The Labute approximate surface area is 234 Å². The van der Waals surface area contributed by atoms with Crippen LogP contribution in [-0.2, 0) is 6.61 Å². The van der Waals surface area contributed by atoms with Crippen LogP contribution >= 0.6 is 47.8 Å².